The molecule has 0 saturated heterocycles. The molecule has 0 aliphatic rings. The fraction of sp³-hybridized carbons (Fsp3) is 0.462. The van der Waals surface area contributed by atoms with Gasteiger partial charge >= 0.3 is 0 Å². The molecular weight excluding hydrogens is 283 g/mol. The topological polar surface area (TPSA) is 57.7 Å². The highest BCUT2D eigenvalue weighted by atomic mass is 32.2. The van der Waals surface area contributed by atoms with Crippen LogP contribution in [0.25, 0.3) is 0 Å². The van der Waals surface area contributed by atoms with Crippen molar-refractivity contribution in [3.8, 4) is 0 Å². The van der Waals surface area contributed by atoms with Gasteiger partial charge in [0.1, 0.15) is 11.9 Å². The fourth-order valence-corrected chi connectivity index (χ4v) is 3.14. The summed E-state index contributed by atoms with van der Waals surface area (Å²) < 4.78 is 38.0. The Kier molecular flexibility index (Phi) is 5.10. The highest BCUT2D eigenvalue weighted by Gasteiger charge is 2.32. The van der Waals surface area contributed by atoms with Crippen LogP contribution in [0.3, 0.4) is 0 Å². The van der Waals surface area contributed by atoms with Crippen molar-refractivity contribution in [2.45, 2.75) is 19.4 Å². The Hall–Kier alpha value is -1.63. The Morgan fingerprint density at radius 1 is 1.25 bits per heavy atom. The van der Waals surface area contributed by atoms with Gasteiger partial charge in [-0.3, -0.25) is 9.10 Å². The summed E-state index contributed by atoms with van der Waals surface area (Å²) in [6.07, 6.45) is 1.35. The van der Waals surface area contributed by atoms with E-state index >= 15 is 0 Å². The molecular formula is C13H19FN2O3S. The number of carbonyl (C=O) groups excluding carboxylic acids is 1. The normalized spacial score (nSPS) is 12.8. The molecule has 5 nitrogen and oxygen atoms in total. The van der Waals surface area contributed by atoms with Crippen molar-refractivity contribution in [2.75, 3.05) is 24.7 Å². The van der Waals surface area contributed by atoms with Crippen LogP contribution in [0.1, 0.15) is 13.3 Å². The predicted molar refractivity (Wildman–Crippen MR) is 76.5 cm³/mol. The minimum absolute atomic E-state index is 0.274. The summed E-state index contributed by atoms with van der Waals surface area (Å²) in [5.41, 5.74) is 0.274. The lowest BCUT2D eigenvalue weighted by atomic mass is 10.2. The zero-order valence-electron chi connectivity index (χ0n) is 12.0. The van der Waals surface area contributed by atoms with Crippen LogP contribution in [-0.4, -0.2) is 45.6 Å². The summed E-state index contributed by atoms with van der Waals surface area (Å²) in [5, 5.41) is 0. The van der Waals surface area contributed by atoms with Crippen molar-refractivity contribution in [3.05, 3.63) is 30.1 Å². The highest BCUT2D eigenvalue weighted by Crippen LogP contribution is 2.23. The van der Waals surface area contributed by atoms with Gasteiger partial charge in [0.2, 0.25) is 15.9 Å². The molecule has 20 heavy (non-hydrogen) atoms. The molecule has 1 rings (SSSR count). The number of hydrogen-bond donors (Lipinski definition) is 0. The van der Waals surface area contributed by atoms with Crippen molar-refractivity contribution in [3.63, 3.8) is 0 Å². The molecule has 0 saturated carbocycles. The molecule has 1 amide bonds. The van der Waals surface area contributed by atoms with Crippen LogP contribution in [0.5, 0.6) is 0 Å². The van der Waals surface area contributed by atoms with Gasteiger partial charge in [0, 0.05) is 14.1 Å². The Balaban J connectivity index is 3.32. The maximum atomic E-state index is 13.0. The van der Waals surface area contributed by atoms with Gasteiger partial charge in [0.15, 0.2) is 0 Å². The zero-order valence-corrected chi connectivity index (χ0v) is 12.8. The van der Waals surface area contributed by atoms with Gasteiger partial charge < -0.3 is 4.90 Å². The second-order valence-corrected chi connectivity index (χ2v) is 6.55. The number of sulfonamides is 1. The molecule has 1 atom stereocenters. The van der Waals surface area contributed by atoms with Crippen LogP contribution >= 0.6 is 0 Å². The van der Waals surface area contributed by atoms with Gasteiger partial charge in [0.05, 0.1) is 11.9 Å². The minimum Gasteiger partial charge on any atom is -0.347 e. The lowest BCUT2D eigenvalue weighted by Gasteiger charge is -2.31. The van der Waals surface area contributed by atoms with E-state index in [0.29, 0.717) is 6.42 Å². The zero-order chi connectivity index (χ0) is 15.5. The number of anilines is 1. The Labute approximate surface area is 119 Å². The van der Waals surface area contributed by atoms with Crippen LogP contribution < -0.4 is 4.31 Å². The summed E-state index contributed by atoms with van der Waals surface area (Å²) in [6, 6.07) is 4.19. The molecule has 112 valence electrons. The summed E-state index contributed by atoms with van der Waals surface area (Å²) in [6.45, 7) is 1.73. The fourth-order valence-electron chi connectivity index (χ4n) is 1.93. The first-order chi connectivity index (χ1) is 9.18. The molecule has 0 heterocycles. The van der Waals surface area contributed by atoms with Gasteiger partial charge in [0.25, 0.3) is 0 Å². The summed E-state index contributed by atoms with van der Waals surface area (Å²) in [4.78, 5) is 13.5. The maximum absolute atomic E-state index is 13.0. The largest absolute Gasteiger partial charge is 0.347 e. The monoisotopic (exact) mass is 302 g/mol. The van der Waals surface area contributed by atoms with Crippen molar-refractivity contribution in [2.24, 2.45) is 0 Å². The Bertz CT molecular complexity index is 570. The molecule has 0 aliphatic heterocycles. The van der Waals surface area contributed by atoms with Crippen LogP contribution in [0.2, 0.25) is 0 Å². The molecule has 7 heteroatoms. The predicted octanol–water partition coefficient (Wildman–Crippen LogP) is 1.46. The van der Waals surface area contributed by atoms with Crippen molar-refractivity contribution < 1.29 is 17.6 Å². The van der Waals surface area contributed by atoms with E-state index in [-0.39, 0.29) is 11.6 Å². The summed E-state index contributed by atoms with van der Waals surface area (Å²) >= 11 is 0. The number of benzene rings is 1. The number of rotatable bonds is 5. The van der Waals surface area contributed by atoms with Gasteiger partial charge in [-0.25, -0.2) is 12.8 Å². The van der Waals surface area contributed by atoms with Crippen LogP contribution in [0.15, 0.2) is 24.3 Å². The average molecular weight is 302 g/mol. The number of hydrogen-bond acceptors (Lipinski definition) is 3. The second-order valence-electron chi connectivity index (χ2n) is 4.69. The van der Waals surface area contributed by atoms with Gasteiger partial charge in [-0.05, 0) is 30.7 Å². The van der Waals surface area contributed by atoms with E-state index in [0.717, 1.165) is 10.6 Å². The standard InChI is InChI=1S/C13H19FN2O3S/c1-5-12(13(17)15(2)3)16(20(4,18)19)11-8-6-10(14)7-9-11/h6-9,12H,5H2,1-4H3/t12-/m0/s1. The van der Waals surface area contributed by atoms with Crippen molar-refractivity contribution in [1.82, 2.24) is 4.90 Å². The van der Waals surface area contributed by atoms with E-state index in [1.54, 1.807) is 21.0 Å². The molecule has 0 spiro atoms. The van der Waals surface area contributed by atoms with Crippen LogP contribution in [0.4, 0.5) is 10.1 Å². The smallest absolute Gasteiger partial charge is 0.245 e. The van der Waals surface area contributed by atoms with Gasteiger partial charge in [-0.1, -0.05) is 6.92 Å². The minimum atomic E-state index is -3.66. The molecule has 0 aromatic heterocycles. The Morgan fingerprint density at radius 3 is 2.10 bits per heavy atom. The summed E-state index contributed by atoms with van der Waals surface area (Å²) in [5.74, 6) is -0.781. The lowest BCUT2D eigenvalue weighted by Crippen LogP contribution is -2.48. The average Bonchev–Trinajstić information content (AvgIpc) is 2.35. The highest BCUT2D eigenvalue weighted by molar-refractivity contribution is 7.92. The molecule has 0 N–H and O–H groups in total. The molecule has 0 fully saturated rings. The van der Waals surface area contributed by atoms with E-state index in [1.807, 2.05) is 0 Å². The van der Waals surface area contributed by atoms with E-state index in [1.165, 1.54) is 29.2 Å². The van der Waals surface area contributed by atoms with E-state index < -0.39 is 21.9 Å². The van der Waals surface area contributed by atoms with Crippen molar-refractivity contribution in [1.29, 1.82) is 0 Å². The number of nitrogens with zero attached hydrogens (tertiary/aromatic N) is 2. The molecule has 1 aromatic rings. The lowest BCUT2D eigenvalue weighted by molar-refractivity contribution is -0.129. The first-order valence-electron chi connectivity index (χ1n) is 6.14. The van der Waals surface area contributed by atoms with E-state index in [2.05, 4.69) is 0 Å². The second kappa shape index (κ2) is 6.21. The van der Waals surface area contributed by atoms with Crippen LogP contribution in [-0.2, 0) is 14.8 Å². The third-order valence-electron chi connectivity index (χ3n) is 2.83. The first kappa shape index (κ1) is 16.4. The third-order valence-corrected chi connectivity index (χ3v) is 4.01. The number of carbonyl (C=O) groups is 1. The molecule has 1 aromatic carbocycles. The summed E-state index contributed by atoms with van der Waals surface area (Å²) in [7, 11) is -0.526. The number of halogens is 1. The quantitative estimate of drug-likeness (QED) is 0.827. The maximum Gasteiger partial charge on any atom is 0.245 e. The number of amides is 1. The molecule has 0 bridgehead atoms. The first-order valence-corrected chi connectivity index (χ1v) is 7.99. The Morgan fingerprint density at radius 2 is 1.75 bits per heavy atom. The third kappa shape index (κ3) is 3.69. The van der Waals surface area contributed by atoms with Gasteiger partial charge in [-0.15, -0.1) is 0 Å². The SMILES string of the molecule is CC[C@@H](C(=O)N(C)C)N(c1ccc(F)cc1)S(C)(=O)=O. The van der Waals surface area contributed by atoms with E-state index in [9.17, 15) is 17.6 Å². The molecule has 0 unspecified atom stereocenters. The molecule has 0 radical (unpaired) electrons. The van der Waals surface area contributed by atoms with Crippen LogP contribution in [0, 0.1) is 5.82 Å². The molecule has 0 aliphatic carbocycles. The number of likely N-dealkylation sites (N-methyl/N-ethyl adjacent to an activating group) is 1. The van der Waals surface area contributed by atoms with E-state index in [4.69, 9.17) is 0 Å². The van der Waals surface area contributed by atoms with Gasteiger partial charge in [-0.2, -0.15) is 0 Å². The van der Waals surface area contributed by atoms with Crippen molar-refractivity contribution >= 4 is 21.6 Å².